The Morgan fingerprint density at radius 3 is 2.75 bits per heavy atom. The number of nitrogens with zero attached hydrogens (tertiary/aromatic N) is 1. The van der Waals surface area contributed by atoms with Gasteiger partial charge < -0.3 is 5.73 Å². The van der Waals surface area contributed by atoms with Crippen LogP contribution in [0.3, 0.4) is 0 Å². The molecule has 0 bridgehead atoms. The minimum Gasteiger partial charge on any atom is -0.323 e. The molecule has 0 saturated carbocycles. The van der Waals surface area contributed by atoms with Crippen molar-refractivity contribution in [3.8, 4) is 0 Å². The number of aryl methyl sites for hydroxylation is 2. The highest BCUT2D eigenvalue weighted by molar-refractivity contribution is 7.11. The van der Waals surface area contributed by atoms with Crippen molar-refractivity contribution >= 4 is 11.3 Å². The third-order valence-electron chi connectivity index (χ3n) is 1.73. The monoisotopic (exact) mass is 184 g/mol. The quantitative estimate of drug-likeness (QED) is 0.783. The van der Waals surface area contributed by atoms with E-state index in [4.69, 9.17) is 5.73 Å². The Morgan fingerprint density at radius 1 is 1.58 bits per heavy atom. The fraction of sp³-hybridized carbons (Fsp3) is 0.667. The van der Waals surface area contributed by atoms with E-state index < -0.39 is 0 Å². The summed E-state index contributed by atoms with van der Waals surface area (Å²) in [6, 6.07) is 0.137. The fourth-order valence-corrected chi connectivity index (χ4v) is 2.18. The molecule has 0 saturated heterocycles. The predicted molar refractivity (Wildman–Crippen MR) is 53.4 cm³/mol. The summed E-state index contributed by atoms with van der Waals surface area (Å²) in [5.74, 6) is 0. The summed E-state index contributed by atoms with van der Waals surface area (Å²) in [4.78, 5) is 5.72. The standard InChI is InChI=1S/C9H16N2S/c1-4-5-8-9(6(2)10)12-7(3)11-8/h6H,4-5,10H2,1-3H3. The van der Waals surface area contributed by atoms with Gasteiger partial charge in [-0.1, -0.05) is 13.3 Å². The van der Waals surface area contributed by atoms with E-state index in [1.54, 1.807) is 11.3 Å². The zero-order valence-electron chi connectivity index (χ0n) is 7.92. The number of hydrogen-bond acceptors (Lipinski definition) is 3. The molecule has 0 spiro atoms. The van der Waals surface area contributed by atoms with E-state index >= 15 is 0 Å². The molecular weight excluding hydrogens is 168 g/mol. The lowest BCUT2D eigenvalue weighted by Crippen LogP contribution is -2.05. The number of rotatable bonds is 3. The second-order valence-electron chi connectivity index (χ2n) is 3.08. The molecule has 1 aromatic heterocycles. The van der Waals surface area contributed by atoms with Crippen LogP contribution in [0.1, 0.15) is 41.9 Å². The lowest BCUT2D eigenvalue weighted by molar-refractivity contribution is 0.792. The van der Waals surface area contributed by atoms with Crippen molar-refractivity contribution in [2.45, 2.75) is 39.7 Å². The van der Waals surface area contributed by atoms with Gasteiger partial charge in [-0.2, -0.15) is 0 Å². The topological polar surface area (TPSA) is 38.9 Å². The van der Waals surface area contributed by atoms with Crippen molar-refractivity contribution < 1.29 is 0 Å². The second kappa shape index (κ2) is 4.01. The van der Waals surface area contributed by atoms with Crippen molar-refractivity contribution in [1.82, 2.24) is 4.98 Å². The molecule has 1 aromatic rings. The Balaban J connectivity index is 2.92. The van der Waals surface area contributed by atoms with E-state index in [-0.39, 0.29) is 6.04 Å². The SMILES string of the molecule is CCCc1nc(C)sc1C(C)N. The highest BCUT2D eigenvalue weighted by Gasteiger charge is 2.10. The Kier molecular flexibility index (Phi) is 3.23. The van der Waals surface area contributed by atoms with E-state index in [9.17, 15) is 0 Å². The van der Waals surface area contributed by atoms with Gasteiger partial charge in [0.1, 0.15) is 0 Å². The van der Waals surface area contributed by atoms with Gasteiger partial charge in [-0.25, -0.2) is 4.98 Å². The molecule has 0 aromatic carbocycles. The van der Waals surface area contributed by atoms with Crippen LogP contribution in [0.2, 0.25) is 0 Å². The van der Waals surface area contributed by atoms with Crippen LogP contribution in [0.5, 0.6) is 0 Å². The molecule has 3 heteroatoms. The van der Waals surface area contributed by atoms with Crippen molar-refractivity contribution in [3.05, 3.63) is 15.6 Å². The molecule has 0 radical (unpaired) electrons. The van der Waals surface area contributed by atoms with Crippen LogP contribution in [-0.4, -0.2) is 4.98 Å². The molecule has 2 N–H and O–H groups in total. The van der Waals surface area contributed by atoms with Crippen molar-refractivity contribution in [2.24, 2.45) is 5.73 Å². The molecule has 0 aliphatic heterocycles. The predicted octanol–water partition coefficient (Wildman–Crippen LogP) is 2.42. The van der Waals surface area contributed by atoms with Crippen LogP contribution < -0.4 is 5.73 Å². The second-order valence-corrected chi connectivity index (χ2v) is 4.32. The number of hydrogen-bond donors (Lipinski definition) is 1. The van der Waals surface area contributed by atoms with Crippen molar-refractivity contribution in [1.29, 1.82) is 0 Å². The Labute approximate surface area is 77.8 Å². The van der Waals surface area contributed by atoms with E-state index in [1.165, 1.54) is 10.6 Å². The zero-order chi connectivity index (χ0) is 9.14. The molecule has 0 fully saturated rings. The van der Waals surface area contributed by atoms with Crippen LogP contribution in [0.4, 0.5) is 0 Å². The summed E-state index contributed by atoms with van der Waals surface area (Å²) in [7, 11) is 0. The molecule has 68 valence electrons. The smallest absolute Gasteiger partial charge is 0.0900 e. The van der Waals surface area contributed by atoms with Gasteiger partial charge in [0.25, 0.3) is 0 Å². The third-order valence-corrected chi connectivity index (χ3v) is 2.95. The summed E-state index contributed by atoms with van der Waals surface area (Å²) >= 11 is 1.73. The molecule has 12 heavy (non-hydrogen) atoms. The van der Waals surface area contributed by atoms with E-state index in [1.807, 2.05) is 13.8 Å². The average molecular weight is 184 g/mol. The molecule has 1 unspecified atom stereocenters. The summed E-state index contributed by atoms with van der Waals surface area (Å²) in [6.07, 6.45) is 2.20. The Hall–Kier alpha value is -0.410. The Bertz CT molecular complexity index is 253. The minimum absolute atomic E-state index is 0.137. The van der Waals surface area contributed by atoms with Crippen molar-refractivity contribution in [3.63, 3.8) is 0 Å². The van der Waals surface area contributed by atoms with Gasteiger partial charge in [-0.15, -0.1) is 11.3 Å². The largest absolute Gasteiger partial charge is 0.323 e. The van der Waals surface area contributed by atoms with Gasteiger partial charge in [0.15, 0.2) is 0 Å². The van der Waals surface area contributed by atoms with Crippen LogP contribution in [-0.2, 0) is 6.42 Å². The first-order chi connectivity index (χ1) is 5.65. The number of nitrogens with two attached hydrogens (primary N) is 1. The van der Waals surface area contributed by atoms with Gasteiger partial charge >= 0.3 is 0 Å². The van der Waals surface area contributed by atoms with E-state index in [0.29, 0.717) is 0 Å². The number of thiazole rings is 1. The summed E-state index contributed by atoms with van der Waals surface area (Å²) in [5.41, 5.74) is 7.03. The van der Waals surface area contributed by atoms with Gasteiger partial charge in [0.05, 0.1) is 10.7 Å². The molecule has 1 atom stereocenters. The maximum Gasteiger partial charge on any atom is 0.0900 e. The van der Waals surface area contributed by atoms with Gasteiger partial charge in [0.2, 0.25) is 0 Å². The summed E-state index contributed by atoms with van der Waals surface area (Å²) in [5, 5.41) is 1.13. The van der Waals surface area contributed by atoms with Crippen LogP contribution in [0.15, 0.2) is 0 Å². The molecular formula is C9H16N2S. The third kappa shape index (κ3) is 2.05. The number of aromatic nitrogens is 1. The molecule has 1 heterocycles. The molecule has 0 aliphatic rings. The van der Waals surface area contributed by atoms with Crippen LogP contribution >= 0.6 is 11.3 Å². The average Bonchev–Trinajstić information content (AvgIpc) is 2.32. The highest BCUT2D eigenvalue weighted by atomic mass is 32.1. The maximum absolute atomic E-state index is 5.83. The Morgan fingerprint density at radius 2 is 2.25 bits per heavy atom. The maximum atomic E-state index is 5.83. The lowest BCUT2D eigenvalue weighted by atomic mass is 10.2. The normalized spacial score (nSPS) is 13.3. The summed E-state index contributed by atoms with van der Waals surface area (Å²) < 4.78 is 0. The lowest BCUT2D eigenvalue weighted by Gasteiger charge is -2.03. The van der Waals surface area contributed by atoms with Gasteiger partial charge in [-0.3, -0.25) is 0 Å². The van der Waals surface area contributed by atoms with E-state index in [2.05, 4.69) is 11.9 Å². The molecule has 0 aliphatic carbocycles. The first-order valence-electron chi connectivity index (χ1n) is 4.37. The van der Waals surface area contributed by atoms with Crippen LogP contribution in [0, 0.1) is 6.92 Å². The molecule has 2 nitrogen and oxygen atoms in total. The fourth-order valence-electron chi connectivity index (χ4n) is 1.26. The molecule has 1 rings (SSSR count). The van der Waals surface area contributed by atoms with Crippen molar-refractivity contribution in [2.75, 3.05) is 0 Å². The zero-order valence-corrected chi connectivity index (χ0v) is 8.74. The first-order valence-corrected chi connectivity index (χ1v) is 5.18. The first kappa shape index (κ1) is 9.68. The molecule has 0 amide bonds. The minimum atomic E-state index is 0.137. The highest BCUT2D eigenvalue weighted by Crippen LogP contribution is 2.24. The van der Waals surface area contributed by atoms with Crippen LogP contribution in [0.25, 0.3) is 0 Å². The van der Waals surface area contributed by atoms with Gasteiger partial charge in [0, 0.05) is 10.9 Å². The summed E-state index contributed by atoms with van der Waals surface area (Å²) in [6.45, 7) is 6.22. The van der Waals surface area contributed by atoms with E-state index in [0.717, 1.165) is 17.8 Å². The van der Waals surface area contributed by atoms with Gasteiger partial charge in [-0.05, 0) is 20.3 Å².